The molecule has 0 bridgehead atoms. The van der Waals surface area contributed by atoms with Crippen LogP contribution in [0.4, 0.5) is 0 Å². The van der Waals surface area contributed by atoms with E-state index in [0.29, 0.717) is 35.5 Å². The Morgan fingerprint density at radius 1 is 0.370 bits per heavy atom. The molecule has 0 fully saturated rings. The molecule has 0 saturated carbocycles. The highest BCUT2D eigenvalue weighted by atomic mass is 31.2. The van der Waals surface area contributed by atoms with E-state index in [1.807, 2.05) is 0 Å². The summed E-state index contributed by atoms with van der Waals surface area (Å²) in [4.78, 5) is 0. The normalized spacial score (nSPS) is 12.1. The van der Waals surface area contributed by atoms with E-state index in [-0.39, 0.29) is 0 Å². The van der Waals surface area contributed by atoms with Gasteiger partial charge in [0.05, 0.1) is 0 Å². The third-order valence-corrected chi connectivity index (χ3v) is 8.97. The van der Waals surface area contributed by atoms with Crippen molar-refractivity contribution in [1.29, 1.82) is 0 Å². The van der Waals surface area contributed by atoms with Crippen molar-refractivity contribution in [3.63, 3.8) is 0 Å². The molecule has 0 radical (unpaired) electrons. The van der Waals surface area contributed by atoms with Crippen molar-refractivity contribution in [2.75, 3.05) is 0 Å². The SMILES string of the molecule is CC(C)Cc1cccc(OP(Oc2cccc(CC(C)C)c2CC(C)C)Oc2cccc(CC(C)C)c2CC(C)C)c1CC(C)C. The van der Waals surface area contributed by atoms with Gasteiger partial charge in [-0.2, -0.15) is 0 Å². The number of hydrogen-bond acceptors (Lipinski definition) is 3. The van der Waals surface area contributed by atoms with Gasteiger partial charge in [-0.1, -0.05) is 119 Å². The third kappa shape index (κ3) is 11.9. The molecule has 0 unspecified atom stereocenters. The first kappa shape index (κ1) is 37.9. The molecular weight excluding hydrogens is 583 g/mol. The second-order valence-corrected chi connectivity index (χ2v) is 16.8. The molecule has 0 aliphatic carbocycles. The molecule has 0 aliphatic rings. The molecule has 0 saturated heterocycles. The monoisotopic (exact) mass is 646 g/mol. The summed E-state index contributed by atoms with van der Waals surface area (Å²) in [5.74, 6) is 5.80. The van der Waals surface area contributed by atoms with Crippen LogP contribution in [0, 0.1) is 35.5 Å². The molecule has 254 valence electrons. The maximum Gasteiger partial charge on any atom is 0.530 e. The highest BCUT2D eigenvalue weighted by Gasteiger charge is 2.27. The fourth-order valence-electron chi connectivity index (χ4n) is 6.20. The summed E-state index contributed by atoms with van der Waals surface area (Å²) in [6, 6.07) is 19.5. The first-order valence-corrected chi connectivity index (χ1v) is 19.0. The largest absolute Gasteiger partial charge is 0.530 e. The molecular formula is C42H63O3P. The minimum absolute atomic E-state index is 0.499. The molecule has 3 nitrogen and oxygen atoms in total. The molecule has 46 heavy (non-hydrogen) atoms. The van der Waals surface area contributed by atoms with Crippen LogP contribution in [0.1, 0.15) is 116 Å². The molecule has 0 amide bonds. The molecule has 3 aromatic rings. The molecule has 4 heteroatoms. The minimum Gasteiger partial charge on any atom is -0.408 e. The zero-order valence-corrected chi connectivity index (χ0v) is 32.0. The maximum atomic E-state index is 6.96. The lowest BCUT2D eigenvalue weighted by molar-refractivity contribution is 0.379. The molecule has 0 atom stereocenters. The Bertz CT molecular complexity index is 1190. The van der Waals surface area contributed by atoms with Crippen LogP contribution in [0.25, 0.3) is 0 Å². The summed E-state index contributed by atoms with van der Waals surface area (Å²) in [7, 11) is -1.81. The second-order valence-electron chi connectivity index (χ2n) is 15.8. The van der Waals surface area contributed by atoms with Gasteiger partial charge in [0, 0.05) is 0 Å². The minimum atomic E-state index is -1.81. The first-order chi connectivity index (χ1) is 21.7. The lowest BCUT2D eigenvalue weighted by Crippen LogP contribution is -2.11. The number of benzene rings is 3. The van der Waals surface area contributed by atoms with E-state index in [1.165, 1.54) is 33.4 Å². The van der Waals surface area contributed by atoms with Gasteiger partial charge in [-0.15, -0.1) is 0 Å². The summed E-state index contributed by atoms with van der Waals surface area (Å²) in [6.07, 6.45) is 5.91. The van der Waals surface area contributed by atoms with E-state index < -0.39 is 8.60 Å². The van der Waals surface area contributed by atoms with Crippen molar-refractivity contribution < 1.29 is 13.6 Å². The van der Waals surface area contributed by atoms with Gasteiger partial charge < -0.3 is 13.6 Å². The Kier molecular flexibility index (Phi) is 15.0. The summed E-state index contributed by atoms with van der Waals surface area (Å²) in [5, 5.41) is 0. The van der Waals surface area contributed by atoms with Gasteiger partial charge in [-0.3, -0.25) is 0 Å². The van der Waals surface area contributed by atoms with Gasteiger partial charge in [0.15, 0.2) is 0 Å². The van der Waals surface area contributed by atoms with Crippen molar-refractivity contribution in [3.05, 3.63) is 88.0 Å². The van der Waals surface area contributed by atoms with Crippen LogP contribution in [0.5, 0.6) is 17.2 Å². The van der Waals surface area contributed by atoms with Crippen LogP contribution in [-0.2, 0) is 38.5 Å². The molecule has 3 rings (SSSR count). The van der Waals surface area contributed by atoms with Crippen molar-refractivity contribution >= 4 is 8.60 Å². The topological polar surface area (TPSA) is 27.7 Å². The van der Waals surface area contributed by atoms with Crippen LogP contribution in [0.2, 0.25) is 0 Å². The lowest BCUT2D eigenvalue weighted by Gasteiger charge is -2.25. The van der Waals surface area contributed by atoms with E-state index >= 15 is 0 Å². The van der Waals surface area contributed by atoms with Crippen LogP contribution in [0.15, 0.2) is 54.6 Å². The smallest absolute Gasteiger partial charge is 0.408 e. The average molecular weight is 647 g/mol. The average Bonchev–Trinajstić information content (AvgIpc) is 2.92. The van der Waals surface area contributed by atoms with Crippen LogP contribution < -0.4 is 13.6 Å². The second kappa shape index (κ2) is 18.1. The summed E-state index contributed by atoms with van der Waals surface area (Å²) in [6.45, 7) is 27.4. The van der Waals surface area contributed by atoms with Gasteiger partial charge in [0.2, 0.25) is 0 Å². The van der Waals surface area contributed by atoms with E-state index in [1.54, 1.807) is 0 Å². The van der Waals surface area contributed by atoms with E-state index in [4.69, 9.17) is 13.6 Å². The molecule has 0 heterocycles. The third-order valence-electron chi connectivity index (χ3n) is 7.93. The van der Waals surface area contributed by atoms with Gasteiger partial charge in [-0.25, -0.2) is 0 Å². The van der Waals surface area contributed by atoms with Crippen molar-refractivity contribution in [2.45, 2.75) is 122 Å². The van der Waals surface area contributed by atoms with Crippen molar-refractivity contribution in [2.24, 2.45) is 35.5 Å². The maximum absolute atomic E-state index is 6.96. The standard InChI is InChI=1S/C42H63O3P/c1-28(2)22-34-16-13-19-40(37(34)25-31(7)8)43-46(44-41-20-14-17-35(23-29(3)4)38(41)26-32(9)10)45-42-21-15-18-36(24-30(5)6)39(42)27-33(11)12/h13-21,28-33H,22-27H2,1-12H3. The quantitative estimate of drug-likeness (QED) is 0.129. The number of hydrogen-bond donors (Lipinski definition) is 0. The van der Waals surface area contributed by atoms with Crippen molar-refractivity contribution in [3.8, 4) is 17.2 Å². The van der Waals surface area contributed by atoms with E-state index in [2.05, 4.69) is 138 Å². The van der Waals surface area contributed by atoms with Gasteiger partial charge >= 0.3 is 8.60 Å². The molecule has 0 aliphatic heterocycles. The number of rotatable bonds is 18. The Labute approximate surface area is 283 Å². The Hall–Kier alpha value is -2.51. The highest BCUT2D eigenvalue weighted by molar-refractivity contribution is 7.43. The fraction of sp³-hybridized carbons (Fsp3) is 0.571. The van der Waals surface area contributed by atoms with Crippen LogP contribution >= 0.6 is 8.60 Å². The Morgan fingerprint density at radius 2 is 0.609 bits per heavy atom. The van der Waals surface area contributed by atoms with E-state index in [9.17, 15) is 0 Å². The van der Waals surface area contributed by atoms with E-state index in [0.717, 1.165) is 55.8 Å². The zero-order chi connectivity index (χ0) is 34.0. The van der Waals surface area contributed by atoms with Crippen LogP contribution in [0.3, 0.4) is 0 Å². The molecule has 0 N–H and O–H groups in total. The lowest BCUT2D eigenvalue weighted by atomic mass is 9.92. The first-order valence-electron chi connectivity index (χ1n) is 17.9. The summed E-state index contributed by atoms with van der Waals surface area (Å²) >= 11 is 0. The summed E-state index contributed by atoms with van der Waals surface area (Å²) in [5.41, 5.74) is 7.90. The zero-order valence-electron chi connectivity index (χ0n) is 31.1. The Balaban J connectivity index is 2.17. The predicted molar refractivity (Wildman–Crippen MR) is 199 cm³/mol. The Morgan fingerprint density at radius 3 is 0.826 bits per heavy atom. The fourth-order valence-corrected chi connectivity index (χ4v) is 7.31. The van der Waals surface area contributed by atoms with Gasteiger partial charge in [0.25, 0.3) is 0 Å². The molecule has 0 aromatic heterocycles. The van der Waals surface area contributed by atoms with Gasteiger partial charge in [0.1, 0.15) is 17.2 Å². The van der Waals surface area contributed by atoms with Crippen molar-refractivity contribution in [1.82, 2.24) is 0 Å². The predicted octanol–water partition coefficient (Wildman–Crippen LogP) is 12.6. The highest BCUT2D eigenvalue weighted by Crippen LogP contribution is 2.47. The van der Waals surface area contributed by atoms with Gasteiger partial charge in [-0.05, 0) is 126 Å². The molecule has 3 aromatic carbocycles. The molecule has 0 spiro atoms. The van der Waals surface area contributed by atoms with Crippen LogP contribution in [-0.4, -0.2) is 0 Å². The summed E-state index contributed by atoms with van der Waals surface area (Å²) < 4.78 is 20.9.